The third-order valence-corrected chi connectivity index (χ3v) is 4.34. The highest BCUT2D eigenvalue weighted by Crippen LogP contribution is 2.22. The number of rotatable bonds is 4. The first-order chi connectivity index (χ1) is 10.3. The summed E-state index contributed by atoms with van der Waals surface area (Å²) in [6.45, 7) is 3.87. The smallest absolute Gasteiger partial charge is 0.241 e. The third kappa shape index (κ3) is 3.83. The van der Waals surface area contributed by atoms with Gasteiger partial charge in [-0.15, -0.1) is 0 Å². The molecule has 6 heteroatoms. The van der Waals surface area contributed by atoms with Crippen molar-refractivity contribution in [3.05, 3.63) is 18.0 Å². The van der Waals surface area contributed by atoms with Gasteiger partial charge in [0.15, 0.2) is 0 Å². The summed E-state index contributed by atoms with van der Waals surface area (Å²) < 4.78 is 7.16. The number of carbonyl (C=O) groups excluding carboxylic acids is 1. The highest BCUT2D eigenvalue weighted by molar-refractivity contribution is 5.76. The predicted octanol–water partition coefficient (Wildman–Crippen LogP) is 0.645. The van der Waals surface area contributed by atoms with E-state index in [1.54, 1.807) is 6.20 Å². The lowest BCUT2D eigenvalue weighted by Gasteiger charge is -2.25. The van der Waals surface area contributed by atoms with Crippen molar-refractivity contribution in [1.29, 1.82) is 0 Å². The van der Waals surface area contributed by atoms with Gasteiger partial charge in [-0.05, 0) is 38.3 Å². The molecule has 2 saturated heterocycles. The minimum Gasteiger partial charge on any atom is -0.381 e. The molecule has 3 heterocycles. The topological polar surface area (TPSA) is 68.2 Å². The Morgan fingerprint density at radius 1 is 1.43 bits per heavy atom. The number of piperidine rings is 1. The molecule has 1 aromatic heterocycles. The first-order valence-electron chi connectivity index (χ1n) is 7.92. The second-order valence-corrected chi connectivity index (χ2v) is 5.91. The van der Waals surface area contributed by atoms with E-state index in [-0.39, 0.29) is 11.9 Å². The molecule has 0 aliphatic carbocycles. The van der Waals surface area contributed by atoms with Crippen LogP contribution in [0.2, 0.25) is 0 Å². The van der Waals surface area contributed by atoms with Crippen LogP contribution in [0.3, 0.4) is 0 Å². The second kappa shape index (κ2) is 7.04. The first kappa shape index (κ1) is 14.5. The van der Waals surface area contributed by atoms with Gasteiger partial charge in [-0.1, -0.05) is 0 Å². The molecule has 0 saturated carbocycles. The van der Waals surface area contributed by atoms with E-state index in [2.05, 4.69) is 15.7 Å². The molecule has 21 heavy (non-hydrogen) atoms. The van der Waals surface area contributed by atoms with E-state index in [1.807, 2.05) is 10.7 Å². The number of nitrogens with one attached hydrogen (secondary N) is 2. The molecular formula is C15H24N4O2. The van der Waals surface area contributed by atoms with Gasteiger partial charge in [-0.2, -0.15) is 5.10 Å². The molecule has 1 amide bonds. The van der Waals surface area contributed by atoms with Crippen LogP contribution in [-0.4, -0.2) is 48.0 Å². The summed E-state index contributed by atoms with van der Waals surface area (Å²) in [6.07, 6.45) is 5.96. The molecule has 2 fully saturated rings. The van der Waals surface area contributed by atoms with Gasteiger partial charge in [0.2, 0.25) is 5.91 Å². The van der Waals surface area contributed by atoms with Gasteiger partial charge >= 0.3 is 0 Å². The van der Waals surface area contributed by atoms with Crippen molar-refractivity contribution in [2.75, 3.05) is 26.3 Å². The van der Waals surface area contributed by atoms with E-state index >= 15 is 0 Å². The largest absolute Gasteiger partial charge is 0.381 e. The highest BCUT2D eigenvalue weighted by Gasteiger charge is 2.21. The Morgan fingerprint density at radius 2 is 2.29 bits per heavy atom. The van der Waals surface area contributed by atoms with Crippen LogP contribution >= 0.6 is 0 Å². The molecule has 1 aromatic rings. The summed E-state index contributed by atoms with van der Waals surface area (Å²) in [5, 5.41) is 10.8. The minimum absolute atomic E-state index is 0.0515. The minimum atomic E-state index is 0.0515. The molecule has 0 spiro atoms. The van der Waals surface area contributed by atoms with E-state index in [1.165, 1.54) is 18.5 Å². The number of ether oxygens (including phenoxy) is 1. The van der Waals surface area contributed by atoms with Crippen molar-refractivity contribution in [2.45, 2.75) is 44.2 Å². The zero-order valence-corrected chi connectivity index (χ0v) is 12.4. The Kier molecular flexibility index (Phi) is 4.87. The molecule has 0 bridgehead atoms. The fourth-order valence-corrected chi connectivity index (χ4v) is 3.18. The predicted molar refractivity (Wildman–Crippen MR) is 79.1 cm³/mol. The molecule has 116 valence electrons. The quantitative estimate of drug-likeness (QED) is 0.855. The summed E-state index contributed by atoms with van der Waals surface area (Å²) in [7, 11) is 0. The zero-order valence-electron chi connectivity index (χ0n) is 12.4. The van der Waals surface area contributed by atoms with Crippen molar-refractivity contribution in [1.82, 2.24) is 20.4 Å². The van der Waals surface area contributed by atoms with Crippen LogP contribution in [0.1, 0.15) is 37.3 Å². The van der Waals surface area contributed by atoms with Gasteiger partial charge in [-0.3, -0.25) is 9.48 Å². The molecule has 6 nitrogen and oxygen atoms in total. The van der Waals surface area contributed by atoms with Crippen LogP contribution in [0.25, 0.3) is 0 Å². The number of hydrogen-bond donors (Lipinski definition) is 2. The van der Waals surface area contributed by atoms with Gasteiger partial charge in [-0.25, -0.2) is 0 Å². The SMILES string of the molecule is O=C(Cn1nccc1[C@H]1CCCNC1)NC1CCOCC1. The van der Waals surface area contributed by atoms with Gasteiger partial charge in [0.05, 0.1) is 0 Å². The summed E-state index contributed by atoms with van der Waals surface area (Å²) in [5.41, 5.74) is 1.17. The van der Waals surface area contributed by atoms with Crippen molar-refractivity contribution in [3.8, 4) is 0 Å². The maximum atomic E-state index is 12.2. The molecule has 0 radical (unpaired) electrons. The summed E-state index contributed by atoms with van der Waals surface area (Å²) in [6, 6.07) is 2.29. The first-order valence-corrected chi connectivity index (χ1v) is 7.92. The lowest BCUT2D eigenvalue weighted by atomic mass is 9.96. The average molecular weight is 292 g/mol. The molecular weight excluding hydrogens is 268 g/mol. The van der Waals surface area contributed by atoms with Gasteiger partial charge in [0.25, 0.3) is 0 Å². The van der Waals surface area contributed by atoms with Gasteiger partial charge in [0, 0.05) is 43.6 Å². The molecule has 3 rings (SSSR count). The van der Waals surface area contributed by atoms with E-state index in [4.69, 9.17) is 4.74 Å². The van der Waals surface area contributed by atoms with Gasteiger partial charge in [0.1, 0.15) is 6.54 Å². The molecule has 1 atom stereocenters. The number of carbonyl (C=O) groups is 1. The van der Waals surface area contributed by atoms with Crippen LogP contribution in [0.5, 0.6) is 0 Å². The Bertz CT molecular complexity index is 462. The van der Waals surface area contributed by atoms with Crippen LogP contribution in [0, 0.1) is 0 Å². The van der Waals surface area contributed by atoms with E-state index in [0.717, 1.165) is 39.1 Å². The Labute approximate surface area is 125 Å². The molecule has 2 aliphatic heterocycles. The second-order valence-electron chi connectivity index (χ2n) is 5.91. The number of amides is 1. The van der Waals surface area contributed by atoms with Crippen LogP contribution in [0.15, 0.2) is 12.3 Å². The summed E-state index contributed by atoms with van der Waals surface area (Å²) >= 11 is 0. The van der Waals surface area contributed by atoms with E-state index in [0.29, 0.717) is 12.5 Å². The number of nitrogens with zero attached hydrogens (tertiary/aromatic N) is 2. The Balaban J connectivity index is 1.56. The number of hydrogen-bond acceptors (Lipinski definition) is 4. The maximum absolute atomic E-state index is 12.2. The summed E-state index contributed by atoms with van der Waals surface area (Å²) in [5.74, 6) is 0.521. The standard InChI is InChI=1S/C15H24N4O2/c20-15(18-13-4-8-21-9-5-13)11-19-14(3-7-17-19)12-2-1-6-16-10-12/h3,7,12-13,16H,1-2,4-6,8-11H2,(H,18,20)/t12-/m0/s1. The van der Waals surface area contributed by atoms with Crippen LogP contribution in [0.4, 0.5) is 0 Å². The molecule has 0 aromatic carbocycles. The lowest BCUT2D eigenvalue weighted by Crippen LogP contribution is -2.41. The van der Waals surface area contributed by atoms with Crippen molar-refractivity contribution in [3.63, 3.8) is 0 Å². The third-order valence-electron chi connectivity index (χ3n) is 4.34. The van der Waals surface area contributed by atoms with Crippen molar-refractivity contribution < 1.29 is 9.53 Å². The van der Waals surface area contributed by atoms with Gasteiger partial charge < -0.3 is 15.4 Å². The van der Waals surface area contributed by atoms with Crippen molar-refractivity contribution in [2.24, 2.45) is 0 Å². The molecule has 0 unspecified atom stereocenters. The Hall–Kier alpha value is -1.40. The lowest BCUT2D eigenvalue weighted by molar-refractivity contribution is -0.123. The fourth-order valence-electron chi connectivity index (χ4n) is 3.18. The Morgan fingerprint density at radius 3 is 3.05 bits per heavy atom. The molecule has 2 N–H and O–H groups in total. The maximum Gasteiger partial charge on any atom is 0.241 e. The van der Waals surface area contributed by atoms with Crippen molar-refractivity contribution >= 4 is 5.91 Å². The van der Waals surface area contributed by atoms with Crippen LogP contribution in [-0.2, 0) is 16.1 Å². The average Bonchev–Trinajstić information content (AvgIpc) is 2.97. The monoisotopic (exact) mass is 292 g/mol. The number of aromatic nitrogens is 2. The zero-order chi connectivity index (χ0) is 14.5. The normalized spacial score (nSPS) is 23.9. The highest BCUT2D eigenvalue weighted by atomic mass is 16.5. The summed E-state index contributed by atoms with van der Waals surface area (Å²) in [4.78, 5) is 12.2. The van der Waals surface area contributed by atoms with E-state index < -0.39 is 0 Å². The fraction of sp³-hybridized carbons (Fsp3) is 0.733. The molecule has 2 aliphatic rings. The van der Waals surface area contributed by atoms with E-state index in [9.17, 15) is 4.79 Å². The van der Waals surface area contributed by atoms with Crippen LogP contribution < -0.4 is 10.6 Å².